The number of carbonyl (C=O) groups excluding carboxylic acids is 1. The molecule has 0 atom stereocenters. The molecule has 2 aromatic heterocycles. The molecule has 18 heavy (non-hydrogen) atoms. The number of pyridine rings is 1. The highest BCUT2D eigenvalue weighted by molar-refractivity contribution is 6.07. The summed E-state index contributed by atoms with van der Waals surface area (Å²) in [5, 5.41) is 14.9. The quantitative estimate of drug-likeness (QED) is 0.847. The number of carboxylic acids is 1. The Bertz CT molecular complexity index is 606. The Hall–Kier alpha value is -2.70. The molecule has 2 aromatic rings. The molecule has 0 unspecified atom stereocenters. The molecular weight excluding hydrogens is 238 g/mol. The Morgan fingerprint density at radius 2 is 2.11 bits per heavy atom. The molecule has 0 aliphatic heterocycles. The van der Waals surface area contributed by atoms with Gasteiger partial charge in [0.25, 0.3) is 5.91 Å². The highest BCUT2D eigenvalue weighted by Gasteiger charge is 2.16. The van der Waals surface area contributed by atoms with Crippen LogP contribution in [0.25, 0.3) is 0 Å². The van der Waals surface area contributed by atoms with E-state index in [1.807, 2.05) is 0 Å². The third-order valence-corrected chi connectivity index (χ3v) is 2.30. The number of rotatable bonds is 3. The number of anilines is 1. The Balaban J connectivity index is 2.28. The van der Waals surface area contributed by atoms with E-state index < -0.39 is 11.9 Å². The molecule has 2 rings (SSSR count). The second-order valence-electron chi connectivity index (χ2n) is 3.48. The molecule has 0 aromatic carbocycles. The lowest BCUT2D eigenvalue weighted by Gasteiger charge is -2.06. The summed E-state index contributed by atoms with van der Waals surface area (Å²) in [7, 11) is 0. The largest absolute Gasteiger partial charge is 0.478 e. The standard InChI is InChI=1S/C11H9N3O4/c1-6-8(4-13-18-6)10(15)14-9-5-12-3-2-7(9)11(16)17/h2-5H,1H3,(H,14,15)(H,16,17). The number of aromatic carboxylic acids is 1. The van der Waals surface area contributed by atoms with Crippen LogP contribution >= 0.6 is 0 Å². The van der Waals surface area contributed by atoms with Crippen LogP contribution in [0.15, 0.2) is 29.2 Å². The second kappa shape index (κ2) is 4.66. The molecule has 7 nitrogen and oxygen atoms in total. The van der Waals surface area contributed by atoms with Gasteiger partial charge in [0.15, 0.2) is 0 Å². The fraction of sp³-hybridized carbons (Fsp3) is 0.0909. The van der Waals surface area contributed by atoms with E-state index >= 15 is 0 Å². The first-order chi connectivity index (χ1) is 8.59. The number of nitrogens with zero attached hydrogens (tertiary/aromatic N) is 2. The smallest absolute Gasteiger partial charge is 0.337 e. The van der Waals surface area contributed by atoms with Crippen molar-refractivity contribution in [2.45, 2.75) is 6.92 Å². The summed E-state index contributed by atoms with van der Waals surface area (Å²) in [5.74, 6) is -1.28. The lowest BCUT2D eigenvalue weighted by molar-refractivity contribution is 0.0698. The van der Waals surface area contributed by atoms with Crippen molar-refractivity contribution in [1.29, 1.82) is 0 Å². The monoisotopic (exact) mass is 247 g/mol. The van der Waals surface area contributed by atoms with Crippen molar-refractivity contribution < 1.29 is 19.2 Å². The molecule has 0 bridgehead atoms. The van der Waals surface area contributed by atoms with E-state index in [0.29, 0.717) is 5.76 Å². The Labute approximate surface area is 101 Å². The number of hydrogen-bond acceptors (Lipinski definition) is 5. The molecule has 0 aliphatic rings. The van der Waals surface area contributed by atoms with Crippen LogP contribution in [0.4, 0.5) is 5.69 Å². The minimum atomic E-state index is -1.14. The van der Waals surface area contributed by atoms with Gasteiger partial charge in [-0.25, -0.2) is 4.79 Å². The summed E-state index contributed by atoms with van der Waals surface area (Å²) in [4.78, 5) is 26.6. The summed E-state index contributed by atoms with van der Waals surface area (Å²) >= 11 is 0. The number of aromatic nitrogens is 2. The minimum absolute atomic E-state index is 0.0348. The SMILES string of the molecule is Cc1oncc1C(=O)Nc1cnccc1C(=O)O. The lowest BCUT2D eigenvalue weighted by Crippen LogP contribution is -2.15. The molecule has 1 amide bonds. The van der Waals surface area contributed by atoms with E-state index in [1.165, 1.54) is 24.7 Å². The summed E-state index contributed by atoms with van der Waals surface area (Å²) in [6.45, 7) is 1.59. The number of carbonyl (C=O) groups is 2. The third-order valence-electron chi connectivity index (χ3n) is 2.30. The van der Waals surface area contributed by atoms with E-state index in [-0.39, 0.29) is 16.8 Å². The van der Waals surface area contributed by atoms with Crippen molar-refractivity contribution in [2.24, 2.45) is 0 Å². The van der Waals surface area contributed by atoms with Gasteiger partial charge >= 0.3 is 5.97 Å². The lowest BCUT2D eigenvalue weighted by atomic mass is 10.2. The molecule has 0 fully saturated rings. The van der Waals surface area contributed by atoms with Crippen LogP contribution in [-0.2, 0) is 0 Å². The average molecular weight is 247 g/mol. The van der Waals surface area contributed by atoms with Gasteiger partial charge in [-0.15, -0.1) is 0 Å². The topological polar surface area (TPSA) is 105 Å². The first-order valence-corrected chi connectivity index (χ1v) is 4.99. The molecule has 0 saturated heterocycles. The maximum absolute atomic E-state index is 11.8. The van der Waals surface area contributed by atoms with Crippen molar-refractivity contribution in [3.63, 3.8) is 0 Å². The van der Waals surface area contributed by atoms with Gasteiger partial charge in [0.05, 0.1) is 23.6 Å². The highest BCUT2D eigenvalue weighted by atomic mass is 16.5. The molecule has 2 heterocycles. The zero-order valence-electron chi connectivity index (χ0n) is 9.38. The van der Waals surface area contributed by atoms with Crippen LogP contribution < -0.4 is 5.32 Å². The second-order valence-corrected chi connectivity index (χ2v) is 3.48. The Morgan fingerprint density at radius 3 is 2.72 bits per heavy atom. The molecule has 0 aliphatic carbocycles. The first-order valence-electron chi connectivity index (χ1n) is 4.99. The molecule has 0 spiro atoms. The number of amides is 1. The van der Waals surface area contributed by atoms with Gasteiger partial charge in [0.2, 0.25) is 0 Å². The van der Waals surface area contributed by atoms with Crippen LogP contribution in [0.5, 0.6) is 0 Å². The van der Waals surface area contributed by atoms with Crippen LogP contribution in [0, 0.1) is 6.92 Å². The van der Waals surface area contributed by atoms with E-state index in [1.54, 1.807) is 6.92 Å². The van der Waals surface area contributed by atoms with Crippen LogP contribution in [0.2, 0.25) is 0 Å². The summed E-state index contributed by atoms with van der Waals surface area (Å²) in [5.41, 5.74) is 0.332. The van der Waals surface area contributed by atoms with Crippen LogP contribution in [0.3, 0.4) is 0 Å². The number of hydrogen-bond donors (Lipinski definition) is 2. The normalized spacial score (nSPS) is 10.1. The van der Waals surface area contributed by atoms with Crippen LogP contribution in [-0.4, -0.2) is 27.1 Å². The zero-order chi connectivity index (χ0) is 13.1. The maximum Gasteiger partial charge on any atom is 0.337 e. The Morgan fingerprint density at radius 1 is 1.33 bits per heavy atom. The van der Waals surface area contributed by atoms with Crippen molar-refractivity contribution >= 4 is 17.6 Å². The van der Waals surface area contributed by atoms with Crippen molar-refractivity contribution in [1.82, 2.24) is 10.1 Å². The summed E-state index contributed by atoms with van der Waals surface area (Å²) in [6, 6.07) is 1.30. The number of aryl methyl sites for hydroxylation is 1. The predicted octanol–water partition coefficient (Wildman–Crippen LogP) is 1.33. The molecular formula is C11H9N3O4. The Kier molecular flexibility index (Phi) is 3.05. The van der Waals surface area contributed by atoms with Gasteiger partial charge < -0.3 is 14.9 Å². The fourth-order valence-corrected chi connectivity index (χ4v) is 1.39. The van der Waals surface area contributed by atoms with E-state index in [9.17, 15) is 9.59 Å². The van der Waals surface area contributed by atoms with Gasteiger partial charge in [0, 0.05) is 6.20 Å². The fourth-order valence-electron chi connectivity index (χ4n) is 1.39. The van der Waals surface area contributed by atoms with Crippen molar-refractivity contribution in [2.75, 3.05) is 5.32 Å². The van der Waals surface area contributed by atoms with Gasteiger partial charge in [-0.1, -0.05) is 5.16 Å². The summed E-state index contributed by atoms with van der Waals surface area (Å²) in [6.07, 6.45) is 3.87. The van der Waals surface area contributed by atoms with E-state index in [4.69, 9.17) is 9.63 Å². The van der Waals surface area contributed by atoms with Gasteiger partial charge in [-0.3, -0.25) is 9.78 Å². The van der Waals surface area contributed by atoms with Crippen LogP contribution in [0.1, 0.15) is 26.5 Å². The third kappa shape index (κ3) is 2.19. The average Bonchev–Trinajstić information content (AvgIpc) is 2.76. The molecule has 92 valence electrons. The molecule has 2 N–H and O–H groups in total. The predicted molar refractivity (Wildman–Crippen MR) is 60.4 cm³/mol. The highest BCUT2D eigenvalue weighted by Crippen LogP contribution is 2.15. The van der Waals surface area contributed by atoms with E-state index in [2.05, 4.69) is 15.5 Å². The molecule has 7 heteroatoms. The zero-order valence-corrected chi connectivity index (χ0v) is 9.38. The molecule has 0 saturated carbocycles. The molecule has 0 radical (unpaired) electrons. The van der Waals surface area contributed by atoms with Gasteiger partial charge in [-0.2, -0.15) is 0 Å². The first kappa shape index (κ1) is 11.8. The number of carboxylic acid groups (broad SMARTS) is 1. The minimum Gasteiger partial charge on any atom is -0.478 e. The van der Waals surface area contributed by atoms with Gasteiger partial charge in [-0.05, 0) is 13.0 Å². The van der Waals surface area contributed by atoms with Gasteiger partial charge in [0.1, 0.15) is 11.3 Å². The van der Waals surface area contributed by atoms with Crippen molar-refractivity contribution in [3.05, 3.63) is 41.5 Å². The summed E-state index contributed by atoms with van der Waals surface area (Å²) < 4.78 is 4.76. The van der Waals surface area contributed by atoms with Crippen molar-refractivity contribution in [3.8, 4) is 0 Å². The maximum atomic E-state index is 11.8. The van der Waals surface area contributed by atoms with E-state index in [0.717, 1.165) is 0 Å². The number of nitrogens with one attached hydrogen (secondary N) is 1.